The van der Waals surface area contributed by atoms with Crippen LogP contribution >= 0.6 is 11.6 Å². The molecule has 0 amide bonds. The van der Waals surface area contributed by atoms with Gasteiger partial charge in [-0.3, -0.25) is 4.68 Å². The molecule has 0 N–H and O–H groups in total. The molecule has 1 aromatic rings. The van der Waals surface area contributed by atoms with Crippen molar-refractivity contribution >= 4 is 11.6 Å². The predicted molar refractivity (Wildman–Crippen MR) is 45.4 cm³/mol. The first-order valence-corrected chi connectivity index (χ1v) is 3.75. The number of hydrogen-bond donors (Lipinski definition) is 0. The zero-order valence-corrected chi connectivity index (χ0v) is 7.10. The van der Waals surface area contributed by atoms with Crippen molar-refractivity contribution in [2.24, 2.45) is 0 Å². The van der Waals surface area contributed by atoms with Gasteiger partial charge in [-0.1, -0.05) is 11.6 Å². The average molecular weight is 169 g/mol. The molecule has 1 rings (SSSR count). The van der Waals surface area contributed by atoms with Crippen molar-refractivity contribution in [2.75, 3.05) is 0 Å². The molecule has 0 aromatic carbocycles. The van der Waals surface area contributed by atoms with Crippen molar-refractivity contribution in [3.8, 4) is 12.3 Å². The van der Waals surface area contributed by atoms with E-state index in [4.69, 9.17) is 18.0 Å². The highest BCUT2D eigenvalue weighted by atomic mass is 35.5. The molecule has 58 valence electrons. The lowest BCUT2D eigenvalue weighted by Gasteiger charge is -1.99. The second-order valence-electron chi connectivity index (χ2n) is 2.26. The summed E-state index contributed by atoms with van der Waals surface area (Å²) in [5.74, 6) is 2.55. The lowest BCUT2D eigenvalue weighted by Crippen LogP contribution is -2.00. The van der Waals surface area contributed by atoms with E-state index in [0.29, 0.717) is 11.4 Å². The van der Waals surface area contributed by atoms with Crippen molar-refractivity contribution in [3.05, 3.63) is 16.9 Å². The first-order valence-electron chi connectivity index (χ1n) is 3.37. The van der Waals surface area contributed by atoms with Gasteiger partial charge in [0.05, 0.1) is 23.5 Å². The Labute approximate surface area is 71.2 Å². The second kappa shape index (κ2) is 3.45. The maximum absolute atomic E-state index is 5.77. The summed E-state index contributed by atoms with van der Waals surface area (Å²) >= 11 is 5.77. The van der Waals surface area contributed by atoms with Gasteiger partial charge in [0.15, 0.2) is 0 Å². The largest absolute Gasteiger partial charge is 0.267 e. The van der Waals surface area contributed by atoms with Gasteiger partial charge in [-0.25, -0.2) is 0 Å². The molecule has 0 atom stereocenters. The summed E-state index contributed by atoms with van der Waals surface area (Å²) in [6, 6.07) is 0. The van der Waals surface area contributed by atoms with Crippen molar-refractivity contribution in [2.45, 2.75) is 19.9 Å². The molecule has 11 heavy (non-hydrogen) atoms. The lowest BCUT2D eigenvalue weighted by molar-refractivity contribution is 0.612. The van der Waals surface area contributed by atoms with Crippen LogP contribution in [0.2, 0.25) is 5.02 Å². The summed E-state index contributed by atoms with van der Waals surface area (Å²) < 4.78 is 1.81. The fourth-order valence-electron chi connectivity index (χ4n) is 0.820. The summed E-state index contributed by atoms with van der Waals surface area (Å²) in [6.45, 7) is 2.67. The van der Waals surface area contributed by atoms with Crippen LogP contribution in [0.1, 0.15) is 12.1 Å². The number of hydrogen-bond acceptors (Lipinski definition) is 1. The average Bonchev–Trinajstić information content (AvgIpc) is 2.31. The van der Waals surface area contributed by atoms with Crippen LogP contribution in [0, 0.1) is 19.3 Å². The monoisotopic (exact) mass is 168 g/mol. The molecule has 3 heteroatoms. The smallest absolute Gasteiger partial charge is 0.0814 e. The van der Waals surface area contributed by atoms with Gasteiger partial charge >= 0.3 is 0 Å². The minimum absolute atomic E-state index is 0.693. The molecule has 0 bridgehead atoms. The summed E-state index contributed by atoms with van der Waals surface area (Å²) in [5.41, 5.74) is 0.974. The fourth-order valence-corrected chi connectivity index (χ4v) is 0.961. The van der Waals surface area contributed by atoms with E-state index in [1.165, 1.54) is 0 Å². The standard InChI is InChI=1S/C8H9ClN2/c1-3-4-5-11-7(2)8(9)6-10-11/h1,6H,4-5H2,2H3. The molecular weight excluding hydrogens is 160 g/mol. The number of aryl methyl sites for hydroxylation is 1. The molecule has 1 aromatic heterocycles. The molecule has 0 aliphatic rings. The van der Waals surface area contributed by atoms with Crippen LogP contribution in [0.5, 0.6) is 0 Å². The Morgan fingerprint density at radius 2 is 2.55 bits per heavy atom. The van der Waals surface area contributed by atoms with Gasteiger partial charge in [0.25, 0.3) is 0 Å². The molecule has 0 aliphatic heterocycles. The molecule has 0 saturated heterocycles. The van der Waals surface area contributed by atoms with Crippen molar-refractivity contribution in [3.63, 3.8) is 0 Å². The Balaban J connectivity index is 2.72. The Morgan fingerprint density at radius 1 is 1.82 bits per heavy atom. The molecule has 0 spiro atoms. The van der Waals surface area contributed by atoms with E-state index in [1.54, 1.807) is 6.20 Å². The van der Waals surface area contributed by atoms with E-state index in [2.05, 4.69) is 11.0 Å². The van der Waals surface area contributed by atoms with Gasteiger partial charge < -0.3 is 0 Å². The highest BCUT2D eigenvalue weighted by Crippen LogP contribution is 2.12. The minimum Gasteiger partial charge on any atom is -0.267 e. The van der Waals surface area contributed by atoms with Crippen LogP contribution in [0.4, 0.5) is 0 Å². The van der Waals surface area contributed by atoms with Gasteiger partial charge in [-0.2, -0.15) is 5.10 Å². The number of aromatic nitrogens is 2. The predicted octanol–water partition coefficient (Wildman–Crippen LogP) is 1.87. The zero-order chi connectivity index (χ0) is 8.27. The lowest BCUT2D eigenvalue weighted by atomic mass is 10.4. The summed E-state index contributed by atoms with van der Waals surface area (Å²) in [7, 11) is 0. The van der Waals surface area contributed by atoms with E-state index in [-0.39, 0.29) is 0 Å². The van der Waals surface area contributed by atoms with Crippen LogP contribution in [0.15, 0.2) is 6.20 Å². The van der Waals surface area contributed by atoms with Crippen molar-refractivity contribution in [1.82, 2.24) is 9.78 Å². The number of halogens is 1. The van der Waals surface area contributed by atoms with Crippen molar-refractivity contribution < 1.29 is 0 Å². The van der Waals surface area contributed by atoms with Gasteiger partial charge in [-0.05, 0) is 6.92 Å². The molecule has 0 saturated carbocycles. The topological polar surface area (TPSA) is 17.8 Å². The second-order valence-corrected chi connectivity index (χ2v) is 2.66. The minimum atomic E-state index is 0.693. The van der Waals surface area contributed by atoms with Crippen LogP contribution in [0.25, 0.3) is 0 Å². The first kappa shape index (κ1) is 8.16. The highest BCUT2D eigenvalue weighted by molar-refractivity contribution is 6.31. The first-order chi connectivity index (χ1) is 5.25. The van der Waals surface area contributed by atoms with Crippen LogP contribution in [-0.2, 0) is 6.54 Å². The molecule has 2 nitrogen and oxygen atoms in total. The molecule has 1 heterocycles. The van der Waals surface area contributed by atoms with E-state index < -0.39 is 0 Å². The Morgan fingerprint density at radius 3 is 3.00 bits per heavy atom. The normalized spacial score (nSPS) is 9.55. The SMILES string of the molecule is C#CCCn1ncc(Cl)c1C. The Kier molecular flexibility index (Phi) is 2.56. The van der Waals surface area contributed by atoms with Crippen molar-refractivity contribution in [1.29, 1.82) is 0 Å². The zero-order valence-electron chi connectivity index (χ0n) is 6.34. The van der Waals surface area contributed by atoms with Crippen LogP contribution < -0.4 is 0 Å². The third-order valence-corrected chi connectivity index (χ3v) is 1.88. The maximum atomic E-state index is 5.77. The summed E-state index contributed by atoms with van der Waals surface area (Å²) in [6.07, 6.45) is 7.43. The maximum Gasteiger partial charge on any atom is 0.0814 e. The summed E-state index contributed by atoms with van der Waals surface area (Å²) in [4.78, 5) is 0. The van der Waals surface area contributed by atoms with Gasteiger partial charge in [0.2, 0.25) is 0 Å². The number of nitrogens with zero attached hydrogens (tertiary/aromatic N) is 2. The Hall–Kier alpha value is -0.940. The molecule has 0 unspecified atom stereocenters. The third-order valence-electron chi connectivity index (χ3n) is 1.51. The summed E-state index contributed by atoms with van der Waals surface area (Å²) in [5, 5.41) is 4.74. The van der Waals surface area contributed by atoms with E-state index in [1.807, 2.05) is 11.6 Å². The highest BCUT2D eigenvalue weighted by Gasteiger charge is 2.01. The van der Waals surface area contributed by atoms with Gasteiger partial charge in [-0.15, -0.1) is 12.3 Å². The van der Waals surface area contributed by atoms with E-state index in [9.17, 15) is 0 Å². The van der Waals surface area contributed by atoms with Crippen LogP contribution in [-0.4, -0.2) is 9.78 Å². The van der Waals surface area contributed by atoms with Gasteiger partial charge in [0, 0.05) is 6.42 Å². The quantitative estimate of drug-likeness (QED) is 0.617. The number of terminal acetylenes is 1. The molecule has 0 radical (unpaired) electrons. The Bertz CT molecular complexity index is 283. The fraction of sp³-hybridized carbons (Fsp3) is 0.375. The van der Waals surface area contributed by atoms with Gasteiger partial charge in [0.1, 0.15) is 0 Å². The van der Waals surface area contributed by atoms with Crippen LogP contribution in [0.3, 0.4) is 0 Å². The van der Waals surface area contributed by atoms with E-state index >= 15 is 0 Å². The number of rotatable bonds is 2. The van der Waals surface area contributed by atoms with E-state index in [0.717, 1.165) is 12.2 Å². The molecular formula is C8H9ClN2. The molecule has 0 aliphatic carbocycles. The third kappa shape index (κ3) is 1.75. The molecule has 0 fully saturated rings.